The molecular weight excluding hydrogens is 320 g/mol. The fraction of sp³-hybridized carbons (Fsp3) is 0.533. The van der Waals surface area contributed by atoms with Crippen LogP contribution in [0.5, 0.6) is 0 Å². The van der Waals surface area contributed by atoms with Crippen molar-refractivity contribution in [3.8, 4) is 0 Å². The zero-order valence-electron chi connectivity index (χ0n) is 12.7. The maximum Gasteiger partial charge on any atom is 0.271 e. The number of nitrogens with one attached hydrogen (secondary N) is 3. The highest BCUT2D eigenvalue weighted by Crippen LogP contribution is 2.29. The van der Waals surface area contributed by atoms with Gasteiger partial charge in [-0.1, -0.05) is 38.3 Å². The number of nitrogens with zero attached hydrogens (tertiary/aromatic N) is 1. The van der Waals surface area contributed by atoms with Crippen molar-refractivity contribution in [1.82, 2.24) is 21.2 Å². The Morgan fingerprint density at radius 1 is 1.32 bits per heavy atom. The van der Waals surface area contributed by atoms with E-state index in [-0.39, 0.29) is 5.91 Å². The Labute approximate surface area is 141 Å². The molecule has 1 aliphatic carbocycles. The van der Waals surface area contributed by atoms with Gasteiger partial charge in [0.2, 0.25) is 0 Å². The van der Waals surface area contributed by atoms with Crippen LogP contribution in [0.4, 0.5) is 0 Å². The lowest BCUT2D eigenvalue weighted by atomic mass is 9.78. The van der Waals surface area contributed by atoms with E-state index in [1.54, 1.807) is 12.1 Å². The van der Waals surface area contributed by atoms with E-state index in [4.69, 9.17) is 23.8 Å². The van der Waals surface area contributed by atoms with E-state index in [9.17, 15) is 4.79 Å². The smallest absolute Gasteiger partial charge is 0.271 e. The van der Waals surface area contributed by atoms with Crippen molar-refractivity contribution in [2.24, 2.45) is 11.8 Å². The minimum Gasteiger partial charge on any atom is -0.358 e. The van der Waals surface area contributed by atoms with Crippen molar-refractivity contribution in [1.29, 1.82) is 0 Å². The van der Waals surface area contributed by atoms with Crippen molar-refractivity contribution in [3.63, 3.8) is 0 Å². The molecule has 1 saturated carbocycles. The van der Waals surface area contributed by atoms with Crippen LogP contribution in [0.25, 0.3) is 0 Å². The van der Waals surface area contributed by atoms with Crippen LogP contribution in [0.3, 0.4) is 0 Å². The first-order chi connectivity index (χ1) is 10.5. The van der Waals surface area contributed by atoms with Gasteiger partial charge in [0.25, 0.3) is 5.91 Å². The molecule has 1 heterocycles. The molecule has 1 amide bonds. The van der Waals surface area contributed by atoms with Crippen molar-refractivity contribution in [3.05, 3.63) is 29.0 Å². The summed E-state index contributed by atoms with van der Waals surface area (Å²) < 4.78 is 0. The first-order valence-electron chi connectivity index (χ1n) is 7.45. The average molecular weight is 341 g/mol. The van der Waals surface area contributed by atoms with E-state index in [0.29, 0.717) is 33.7 Å². The van der Waals surface area contributed by atoms with Crippen LogP contribution in [0.2, 0.25) is 5.15 Å². The minimum absolute atomic E-state index is 0.307. The predicted molar refractivity (Wildman–Crippen MR) is 91.5 cm³/mol. The van der Waals surface area contributed by atoms with Crippen molar-refractivity contribution < 1.29 is 4.79 Å². The number of amides is 1. The zero-order chi connectivity index (χ0) is 16.1. The van der Waals surface area contributed by atoms with Crippen LogP contribution < -0.4 is 16.2 Å². The molecule has 7 heteroatoms. The van der Waals surface area contributed by atoms with Gasteiger partial charge in [-0.2, -0.15) is 0 Å². The number of hydrogen-bond donors (Lipinski definition) is 3. The highest BCUT2D eigenvalue weighted by Gasteiger charge is 2.27. The Bertz CT molecular complexity index is 537. The number of hydrazine groups is 1. The van der Waals surface area contributed by atoms with Gasteiger partial charge in [0, 0.05) is 12.2 Å². The summed E-state index contributed by atoms with van der Waals surface area (Å²) in [5.41, 5.74) is 5.71. The van der Waals surface area contributed by atoms with E-state index in [0.717, 1.165) is 6.42 Å². The number of rotatable bonds is 2. The highest BCUT2D eigenvalue weighted by molar-refractivity contribution is 7.80. The third-order valence-corrected chi connectivity index (χ3v) is 4.75. The molecule has 1 aromatic rings. The van der Waals surface area contributed by atoms with E-state index >= 15 is 0 Å². The van der Waals surface area contributed by atoms with Gasteiger partial charge >= 0.3 is 0 Å². The number of aromatic nitrogens is 1. The molecule has 1 aliphatic rings. The van der Waals surface area contributed by atoms with Gasteiger partial charge in [-0.3, -0.25) is 15.6 Å². The lowest BCUT2D eigenvalue weighted by molar-refractivity contribution is 0.0943. The molecule has 1 aromatic heterocycles. The highest BCUT2D eigenvalue weighted by atomic mass is 35.5. The molecule has 0 bridgehead atoms. The van der Waals surface area contributed by atoms with E-state index in [1.807, 2.05) is 0 Å². The summed E-state index contributed by atoms with van der Waals surface area (Å²) in [5.74, 6) is 0.937. The Kier molecular flexibility index (Phi) is 5.97. The predicted octanol–water partition coefficient (Wildman–Crippen LogP) is 2.67. The maximum absolute atomic E-state index is 11.9. The summed E-state index contributed by atoms with van der Waals surface area (Å²) in [6, 6.07) is 3.52. The van der Waals surface area contributed by atoms with E-state index < -0.39 is 0 Å². The normalized spacial score (nSPS) is 24.4. The number of halogens is 1. The molecule has 5 nitrogen and oxygen atoms in total. The molecule has 0 unspecified atom stereocenters. The van der Waals surface area contributed by atoms with Crippen molar-refractivity contribution in [2.45, 2.75) is 39.2 Å². The molecule has 3 atom stereocenters. The van der Waals surface area contributed by atoms with Gasteiger partial charge in [0.05, 0.1) is 5.56 Å². The molecule has 3 N–H and O–H groups in total. The first-order valence-corrected chi connectivity index (χ1v) is 8.24. The molecular formula is C15H21ClN4OS. The quantitative estimate of drug-likeness (QED) is 0.439. The number of carbonyl (C=O) groups excluding carboxylic acids is 1. The average Bonchev–Trinajstić information content (AvgIpc) is 2.50. The van der Waals surface area contributed by atoms with Gasteiger partial charge in [-0.15, -0.1) is 0 Å². The number of thiocarbonyl (C=S) groups is 1. The summed E-state index contributed by atoms with van der Waals surface area (Å²) in [4.78, 5) is 15.8. The molecule has 0 spiro atoms. The second kappa shape index (κ2) is 7.74. The van der Waals surface area contributed by atoms with Crippen LogP contribution in [0, 0.1) is 11.8 Å². The van der Waals surface area contributed by atoms with Crippen LogP contribution >= 0.6 is 23.8 Å². The lowest BCUT2D eigenvalue weighted by Crippen LogP contribution is -2.52. The van der Waals surface area contributed by atoms with E-state index in [2.05, 4.69) is 35.0 Å². The molecule has 0 aliphatic heterocycles. The Balaban J connectivity index is 1.80. The van der Waals surface area contributed by atoms with Gasteiger partial charge in [0.15, 0.2) is 5.11 Å². The molecule has 1 fully saturated rings. The third kappa shape index (κ3) is 4.55. The Morgan fingerprint density at radius 3 is 2.77 bits per heavy atom. The monoisotopic (exact) mass is 340 g/mol. The summed E-state index contributed by atoms with van der Waals surface area (Å²) >= 11 is 10.9. The van der Waals surface area contributed by atoms with Gasteiger partial charge in [0.1, 0.15) is 5.15 Å². The molecule has 0 aromatic carbocycles. The summed E-state index contributed by atoms with van der Waals surface area (Å²) in [6.45, 7) is 4.51. The van der Waals surface area contributed by atoms with Crippen LogP contribution in [0.1, 0.15) is 43.5 Å². The largest absolute Gasteiger partial charge is 0.358 e. The third-order valence-electron chi connectivity index (χ3n) is 4.30. The number of carbonyl (C=O) groups is 1. The minimum atomic E-state index is -0.307. The fourth-order valence-corrected chi connectivity index (χ4v) is 3.00. The molecule has 22 heavy (non-hydrogen) atoms. The lowest BCUT2D eigenvalue weighted by Gasteiger charge is -2.35. The number of pyridine rings is 1. The Morgan fingerprint density at radius 2 is 2.09 bits per heavy atom. The molecule has 0 radical (unpaired) electrons. The second-order valence-corrected chi connectivity index (χ2v) is 6.59. The molecule has 2 rings (SSSR count). The molecule has 120 valence electrons. The summed E-state index contributed by atoms with van der Waals surface area (Å²) in [5, 5.41) is 4.06. The second-order valence-electron chi connectivity index (χ2n) is 5.80. The van der Waals surface area contributed by atoms with Gasteiger partial charge < -0.3 is 5.32 Å². The van der Waals surface area contributed by atoms with Crippen molar-refractivity contribution in [2.75, 3.05) is 0 Å². The SMILES string of the molecule is C[C@@H]1[C@@H](C)CCC[C@H]1NC(=S)NNC(=O)c1ccc(Cl)nc1. The topological polar surface area (TPSA) is 66.0 Å². The number of hydrogen-bond acceptors (Lipinski definition) is 3. The van der Waals surface area contributed by atoms with Gasteiger partial charge in [-0.05, 0) is 42.6 Å². The summed E-state index contributed by atoms with van der Waals surface area (Å²) in [6.07, 6.45) is 4.98. The van der Waals surface area contributed by atoms with Crippen LogP contribution in [-0.4, -0.2) is 22.0 Å². The Hall–Kier alpha value is -1.40. The van der Waals surface area contributed by atoms with Crippen molar-refractivity contribution >= 4 is 34.8 Å². The van der Waals surface area contributed by atoms with Crippen LogP contribution in [0.15, 0.2) is 18.3 Å². The summed E-state index contributed by atoms with van der Waals surface area (Å²) in [7, 11) is 0. The standard InChI is InChI=1S/C15H21ClN4OS/c1-9-4-3-5-12(10(9)2)18-15(22)20-19-14(21)11-6-7-13(16)17-8-11/h6-10,12H,3-5H2,1-2H3,(H,19,21)(H2,18,20,22)/t9-,10+,12+/m0/s1. The fourth-order valence-electron chi connectivity index (χ4n) is 2.69. The zero-order valence-corrected chi connectivity index (χ0v) is 14.3. The van der Waals surface area contributed by atoms with Gasteiger partial charge in [-0.25, -0.2) is 4.98 Å². The van der Waals surface area contributed by atoms with Crippen LogP contribution in [-0.2, 0) is 0 Å². The van der Waals surface area contributed by atoms with E-state index in [1.165, 1.54) is 19.0 Å². The maximum atomic E-state index is 11.9. The molecule has 0 saturated heterocycles. The first kappa shape index (κ1) is 17.0.